The topological polar surface area (TPSA) is 73.8 Å². The van der Waals surface area contributed by atoms with Crippen LogP contribution in [0.3, 0.4) is 0 Å². The van der Waals surface area contributed by atoms with Crippen molar-refractivity contribution in [1.29, 1.82) is 0 Å². The number of rotatable bonds is 7. The number of aliphatic hydroxyl groups is 1. The summed E-state index contributed by atoms with van der Waals surface area (Å²) in [4.78, 5) is 14.7. The monoisotopic (exact) mass is 429 g/mol. The van der Waals surface area contributed by atoms with E-state index >= 15 is 0 Å². The van der Waals surface area contributed by atoms with Crippen LogP contribution in [-0.4, -0.2) is 36.9 Å². The molecule has 3 rings (SSSR count). The van der Waals surface area contributed by atoms with Crippen molar-refractivity contribution in [2.24, 2.45) is 0 Å². The number of hydrogen-bond acceptors (Lipinski definition) is 4. The summed E-state index contributed by atoms with van der Waals surface area (Å²) >= 11 is 0. The minimum absolute atomic E-state index is 0.196. The van der Waals surface area contributed by atoms with Gasteiger partial charge in [0, 0.05) is 24.3 Å². The fraction of sp³-hybridized carbons (Fsp3) is 0.458. The van der Waals surface area contributed by atoms with Crippen LogP contribution in [0.2, 0.25) is 0 Å². The summed E-state index contributed by atoms with van der Waals surface area (Å²) < 4.78 is 19.4. The molecule has 2 aromatic carbocycles. The van der Waals surface area contributed by atoms with E-state index in [-0.39, 0.29) is 30.0 Å². The summed E-state index contributed by atoms with van der Waals surface area (Å²) in [7, 11) is 0. The van der Waals surface area contributed by atoms with Gasteiger partial charge >= 0.3 is 6.03 Å². The van der Waals surface area contributed by atoms with Gasteiger partial charge in [-0.1, -0.05) is 12.1 Å². The number of piperidine rings is 1. The Balaban J connectivity index is 1.64. The van der Waals surface area contributed by atoms with Crippen LogP contribution in [0.15, 0.2) is 42.5 Å². The van der Waals surface area contributed by atoms with Gasteiger partial charge in [0.15, 0.2) is 0 Å². The molecule has 2 atom stereocenters. The Morgan fingerprint density at radius 3 is 2.42 bits per heavy atom. The second-order valence-corrected chi connectivity index (χ2v) is 7.98. The molecule has 1 saturated heterocycles. The number of aliphatic hydroxyl groups excluding tert-OH is 1. The minimum atomic E-state index is -0.384. The van der Waals surface area contributed by atoms with E-state index in [1.165, 1.54) is 12.1 Å². The molecule has 6 nitrogen and oxygen atoms in total. The molecule has 168 valence electrons. The molecule has 7 heteroatoms. The van der Waals surface area contributed by atoms with E-state index in [9.17, 15) is 14.3 Å². The van der Waals surface area contributed by atoms with Gasteiger partial charge in [0.2, 0.25) is 0 Å². The summed E-state index contributed by atoms with van der Waals surface area (Å²) in [5, 5.41) is 15.6. The molecular weight excluding hydrogens is 397 g/mol. The highest BCUT2D eigenvalue weighted by Gasteiger charge is 2.23. The summed E-state index contributed by atoms with van der Waals surface area (Å²) in [6, 6.07) is 11.4. The second-order valence-electron chi connectivity index (χ2n) is 7.98. The molecule has 2 amide bonds. The van der Waals surface area contributed by atoms with Crippen molar-refractivity contribution in [1.82, 2.24) is 10.6 Å². The molecule has 2 unspecified atom stereocenters. The molecule has 1 heterocycles. The number of hydrogen-bond donors (Lipinski definition) is 3. The Labute approximate surface area is 183 Å². The van der Waals surface area contributed by atoms with Gasteiger partial charge in [-0.05, 0) is 69.5 Å². The summed E-state index contributed by atoms with van der Waals surface area (Å²) in [5.41, 5.74) is 2.57. The summed E-state index contributed by atoms with van der Waals surface area (Å²) in [5.74, 6) is 0.452. The van der Waals surface area contributed by atoms with Crippen LogP contribution in [0.4, 0.5) is 14.9 Å². The number of halogens is 1. The number of nitrogens with one attached hydrogen (secondary N) is 2. The highest BCUT2D eigenvalue weighted by molar-refractivity contribution is 5.75. The van der Waals surface area contributed by atoms with Crippen LogP contribution in [0.25, 0.3) is 0 Å². The normalized spacial score (nSPS) is 16.5. The zero-order valence-electron chi connectivity index (χ0n) is 18.4. The highest BCUT2D eigenvalue weighted by atomic mass is 19.1. The van der Waals surface area contributed by atoms with E-state index in [4.69, 9.17) is 4.74 Å². The van der Waals surface area contributed by atoms with E-state index in [1.807, 2.05) is 45.0 Å². The van der Waals surface area contributed by atoms with E-state index in [1.54, 1.807) is 6.07 Å². The lowest BCUT2D eigenvalue weighted by Crippen LogP contribution is -2.40. The van der Waals surface area contributed by atoms with Crippen LogP contribution in [-0.2, 0) is 0 Å². The van der Waals surface area contributed by atoms with Gasteiger partial charge in [-0.15, -0.1) is 0 Å². The molecule has 1 aliphatic heterocycles. The number of nitrogens with zero attached hydrogens (tertiary/aromatic N) is 1. The molecule has 0 aliphatic carbocycles. The molecule has 0 bridgehead atoms. The maximum Gasteiger partial charge on any atom is 0.315 e. The lowest BCUT2D eigenvalue weighted by Gasteiger charge is -2.34. The Morgan fingerprint density at radius 2 is 1.77 bits per heavy atom. The predicted molar refractivity (Wildman–Crippen MR) is 120 cm³/mol. The zero-order chi connectivity index (χ0) is 22.4. The SMILES string of the molecule is CCOc1ccc(C(C)NC(=O)NC(C)c2cc(F)ccc2N2CCC(O)CC2)cc1. The van der Waals surface area contributed by atoms with Gasteiger partial charge in [-0.3, -0.25) is 0 Å². The van der Waals surface area contributed by atoms with Gasteiger partial charge in [0.05, 0.1) is 24.8 Å². The lowest BCUT2D eigenvalue weighted by molar-refractivity contribution is 0.145. The summed E-state index contributed by atoms with van der Waals surface area (Å²) in [6.45, 7) is 7.70. The van der Waals surface area contributed by atoms with Crippen LogP contribution >= 0.6 is 0 Å². The zero-order valence-corrected chi connectivity index (χ0v) is 18.4. The minimum Gasteiger partial charge on any atom is -0.494 e. The average Bonchev–Trinajstić information content (AvgIpc) is 2.75. The van der Waals surface area contributed by atoms with Crippen LogP contribution in [0.5, 0.6) is 5.75 Å². The maximum atomic E-state index is 14.0. The van der Waals surface area contributed by atoms with Gasteiger partial charge in [-0.25, -0.2) is 9.18 Å². The number of benzene rings is 2. The number of urea groups is 1. The molecule has 2 aromatic rings. The third kappa shape index (κ3) is 6.10. The fourth-order valence-electron chi connectivity index (χ4n) is 3.88. The van der Waals surface area contributed by atoms with Crippen LogP contribution in [0.1, 0.15) is 56.8 Å². The largest absolute Gasteiger partial charge is 0.494 e. The number of carbonyl (C=O) groups excluding carboxylic acids is 1. The quantitative estimate of drug-likeness (QED) is 0.613. The Bertz CT molecular complexity index is 867. The van der Waals surface area contributed by atoms with Crippen molar-refractivity contribution in [3.8, 4) is 5.75 Å². The molecule has 0 spiro atoms. The van der Waals surface area contributed by atoms with E-state index in [2.05, 4.69) is 15.5 Å². The first-order chi connectivity index (χ1) is 14.9. The lowest BCUT2D eigenvalue weighted by atomic mass is 10.0. The maximum absolute atomic E-state index is 14.0. The third-order valence-electron chi connectivity index (χ3n) is 5.65. The fourth-order valence-corrected chi connectivity index (χ4v) is 3.88. The van der Waals surface area contributed by atoms with Crippen LogP contribution < -0.4 is 20.3 Å². The van der Waals surface area contributed by atoms with Crippen molar-refractivity contribution in [2.75, 3.05) is 24.6 Å². The Morgan fingerprint density at radius 1 is 1.13 bits per heavy atom. The first kappa shape index (κ1) is 22.9. The first-order valence-corrected chi connectivity index (χ1v) is 10.9. The molecule has 31 heavy (non-hydrogen) atoms. The molecular formula is C24H32FN3O3. The molecule has 0 aromatic heterocycles. The van der Waals surface area contributed by atoms with Gasteiger partial charge < -0.3 is 25.4 Å². The molecule has 1 aliphatic rings. The molecule has 0 radical (unpaired) electrons. The van der Waals surface area contributed by atoms with Crippen molar-refractivity contribution in [3.63, 3.8) is 0 Å². The number of amides is 2. The third-order valence-corrected chi connectivity index (χ3v) is 5.65. The van der Waals surface area contributed by atoms with E-state index in [0.717, 1.165) is 22.6 Å². The van der Waals surface area contributed by atoms with Gasteiger partial charge in [0.1, 0.15) is 11.6 Å². The highest BCUT2D eigenvalue weighted by Crippen LogP contribution is 2.30. The Kier molecular flexibility index (Phi) is 7.74. The summed E-state index contributed by atoms with van der Waals surface area (Å²) in [6.07, 6.45) is 1.07. The second kappa shape index (κ2) is 10.5. The van der Waals surface area contributed by atoms with Crippen molar-refractivity contribution in [3.05, 3.63) is 59.4 Å². The van der Waals surface area contributed by atoms with Crippen molar-refractivity contribution < 1.29 is 19.0 Å². The smallest absolute Gasteiger partial charge is 0.315 e. The van der Waals surface area contributed by atoms with Crippen LogP contribution in [0, 0.1) is 5.82 Å². The molecule has 0 saturated carbocycles. The van der Waals surface area contributed by atoms with E-state index in [0.29, 0.717) is 32.5 Å². The average molecular weight is 430 g/mol. The first-order valence-electron chi connectivity index (χ1n) is 10.9. The predicted octanol–water partition coefficient (Wildman–Crippen LogP) is 4.31. The number of carbonyl (C=O) groups is 1. The number of ether oxygens (including phenoxy) is 1. The van der Waals surface area contributed by atoms with Gasteiger partial charge in [-0.2, -0.15) is 0 Å². The Hall–Kier alpha value is -2.80. The van der Waals surface area contributed by atoms with Gasteiger partial charge in [0.25, 0.3) is 0 Å². The van der Waals surface area contributed by atoms with E-state index < -0.39 is 0 Å². The van der Waals surface area contributed by atoms with Crippen molar-refractivity contribution >= 4 is 11.7 Å². The molecule has 3 N–H and O–H groups in total. The number of anilines is 1. The molecule has 1 fully saturated rings. The standard InChI is InChI=1S/C24H32FN3O3/c1-4-31-21-8-5-18(6-9-21)16(2)26-24(30)27-17(3)22-15-19(25)7-10-23(22)28-13-11-20(29)12-14-28/h5-10,15-17,20,29H,4,11-14H2,1-3H3,(H2,26,27,30). The van der Waals surface area contributed by atoms with Crippen molar-refractivity contribution in [2.45, 2.75) is 51.8 Å².